The van der Waals surface area contributed by atoms with Crippen molar-refractivity contribution in [2.24, 2.45) is 0 Å². The standard InChI is InChI=1S/C12H21N/c1-2-3-4-5-6-7-8-9-10-11-12-13/h8-9H,2-7,10-11H2,1H3/b9-8-. The van der Waals surface area contributed by atoms with Crippen molar-refractivity contribution in [3.63, 3.8) is 0 Å². The lowest BCUT2D eigenvalue weighted by Gasteiger charge is -1.95. The van der Waals surface area contributed by atoms with Crippen molar-refractivity contribution in [1.29, 1.82) is 5.26 Å². The second-order valence-corrected chi connectivity index (χ2v) is 3.37. The number of hydrogen-bond acceptors (Lipinski definition) is 1. The Hall–Kier alpha value is -0.770. The minimum absolute atomic E-state index is 0.659. The van der Waals surface area contributed by atoms with Crippen LogP contribution in [0.15, 0.2) is 12.2 Å². The zero-order valence-corrected chi connectivity index (χ0v) is 8.76. The third-order valence-corrected chi connectivity index (χ3v) is 2.06. The molecule has 0 saturated heterocycles. The van der Waals surface area contributed by atoms with Gasteiger partial charge in [-0.05, 0) is 19.3 Å². The predicted octanol–water partition coefficient (Wildman–Crippen LogP) is 4.21. The third-order valence-electron chi connectivity index (χ3n) is 2.06. The molecule has 0 aromatic heterocycles. The van der Waals surface area contributed by atoms with E-state index < -0.39 is 0 Å². The fraction of sp³-hybridized carbons (Fsp3) is 0.750. The first-order chi connectivity index (χ1) is 6.41. The molecule has 0 saturated carbocycles. The number of nitrogens with zero attached hydrogens (tertiary/aromatic N) is 1. The Labute approximate surface area is 82.5 Å². The molecule has 0 aliphatic heterocycles. The van der Waals surface area contributed by atoms with Crippen LogP contribution in [0.1, 0.15) is 58.3 Å². The summed E-state index contributed by atoms with van der Waals surface area (Å²) in [6.07, 6.45) is 13.8. The van der Waals surface area contributed by atoms with Gasteiger partial charge in [0, 0.05) is 6.42 Å². The van der Waals surface area contributed by atoms with Gasteiger partial charge in [0.15, 0.2) is 0 Å². The lowest BCUT2D eigenvalue weighted by Crippen LogP contribution is -1.75. The second-order valence-electron chi connectivity index (χ2n) is 3.37. The van der Waals surface area contributed by atoms with Crippen LogP contribution in [0.5, 0.6) is 0 Å². The predicted molar refractivity (Wildman–Crippen MR) is 57.4 cm³/mol. The van der Waals surface area contributed by atoms with Crippen molar-refractivity contribution in [3.05, 3.63) is 12.2 Å². The maximum absolute atomic E-state index is 8.28. The van der Waals surface area contributed by atoms with Crippen LogP contribution in [-0.4, -0.2) is 0 Å². The molecule has 0 heterocycles. The van der Waals surface area contributed by atoms with E-state index in [4.69, 9.17) is 5.26 Å². The fourth-order valence-electron chi connectivity index (χ4n) is 1.25. The van der Waals surface area contributed by atoms with Gasteiger partial charge in [0.25, 0.3) is 0 Å². The first-order valence-electron chi connectivity index (χ1n) is 5.43. The summed E-state index contributed by atoms with van der Waals surface area (Å²) in [5.41, 5.74) is 0. The monoisotopic (exact) mass is 179 g/mol. The van der Waals surface area contributed by atoms with Gasteiger partial charge in [-0.2, -0.15) is 5.26 Å². The SMILES string of the molecule is CCCCCCC/C=C\CCC#N. The zero-order valence-electron chi connectivity index (χ0n) is 8.76. The van der Waals surface area contributed by atoms with Gasteiger partial charge in [0.2, 0.25) is 0 Å². The van der Waals surface area contributed by atoms with E-state index in [1.807, 2.05) is 0 Å². The van der Waals surface area contributed by atoms with E-state index in [1.165, 1.54) is 38.5 Å². The Balaban J connectivity index is 2.98. The van der Waals surface area contributed by atoms with Crippen LogP contribution in [0.25, 0.3) is 0 Å². The normalized spacial score (nSPS) is 10.5. The van der Waals surface area contributed by atoms with E-state index in [1.54, 1.807) is 0 Å². The van der Waals surface area contributed by atoms with Crippen LogP contribution >= 0.6 is 0 Å². The highest BCUT2D eigenvalue weighted by molar-refractivity contribution is 4.85. The van der Waals surface area contributed by atoms with Crippen molar-refractivity contribution in [3.8, 4) is 6.07 Å². The summed E-state index contributed by atoms with van der Waals surface area (Å²) in [6.45, 7) is 2.24. The van der Waals surface area contributed by atoms with E-state index in [9.17, 15) is 0 Å². The quantitative estimate of drug-likeness (QED) is 0.404. The smallest absolute Gasteiger partial charge is 0.0624 e. The van der Waals surface area contributed by atoms with Gasteiger partial charge >= 0.3 is 0 Å². The van der Waals surface area contributed by atoms with E-state index in [2.05, 4.69) is 25.1 Å². The average molecular weight is 179 g/mol. The Morgan fingerprint density at radius 2 is 1.69 bits per heavy atom. The number of allylic oxidation sites excluding steroid dienone is 2. The molecule has 0 rings (SSSR count). The molecule has 0 spiro atoms. The molecule has 0 aromatic carbocycles. The van der Waals surface area contributed by atoms with Crippen molar-refractivity contribution in [2.45, 2.75) is 58.3 Å². The molecule has 0 fully saturated rings. The summed E-state index contributed by atoms with van der Waals surface area (Å²) >= 11 is 0. The minimum Gasteiger partial charge on any atom is -0.198 e. The second kappa shape index (κ2) is 11.2. The van der Waals surface area contributed by atoms with Crippen LogP contribution in [0.3, 0.4) is 0 Å². The van der Waals surface area contributed by atoms with Gasteiger partial charge in [0.05, 0.1) is 6.07 Å². The first kappa shape index (κ1) is 12.2. The molecule has 1 nitrogen and oxygen atoms in total. The summed E-state index contributed by atoms with van der Waals surface area (Å²) in [5, 5.41) is 8.28. The molecule has 0 unspecified atom stereocenters. The molecule has 0 aliphatic rings. The molecule has 0 N–H and O–H groups in total. The molecular formula is C12H21N. The van der Waals surface area contributed by atoms with Gasteiger partial charge in [0.1, 0.15) is 0 Å². The van der Waals surface area contributed by atoms with Crippen molar-refractivity contribution >= 4 is 0 Å². The highest BCUT2D eigenvalue weighted by Gasteiger charge is 1.86. The van der Waals surface area contributed by atoms with Gasteiger partial charge in [-0.1, -0.05) is 44.8 Å². The summed E-state index contributed by atoms with van der Waals surface area (Å²) in [7, 11) is 0. The molecule has 13 heavy (non-hydrogen) atoms. The van der Waals surface area contributed by atoms with Crippen molar-refractivity contribution < 1.29 is 0 Å². The largest absolute Gasteiger partial charge is 0.198 e. The van der Waals surface area contributed by atoms with Crippen LogP contribution in [0.4, 0.5) is 0 Å². The van der Waals surface area contributed by atoms with Crippen LogP contribution in [0, 0.1) is 11.3 Å². The lowest BCUT2D eigenvalue weighted by molar-refractivity contribution is 0.637. The molecule has 1 heteroatoms. The number of rotatable bonds is 8. The maximum atomic E-state index is 8.28. The molecule has 0 radical (unpaired) electrons. The Kier molecular flexibility index (Phi) is 10.6. The molecular weight excluding hydrogens is 158 g/mol. The highest BCUT2D eigenvalue weighted by Crippen LogP contribution is 2.05. The molecule has 74 valence electrons. The average Bonchev–Trinajstić information content (AvgIpc) is 2.16. The van der Waals surface area contributed by atoms with E-state index in [0.29, 0.717) is 6.42 Å². The van der Waals surface area contributed by atoms with Crippen molar-refractivity contribution in [2.75, 3.05) is 0 Å². The maximum Gasteiger partial charge on any atom is 0.0624 e. The van der Waals surface area contributed by atoms with Crippen LogP contribution in [-0.2, 0) is 0 Å². The molecule has 0 bridgehead atoms. The summed E-state index contributed by atoms with van der Waals surface area (Å²) in [6, 6.07) is 2.14. The van der Waals surface area contributed by atoms with E-state index in [0.717, 1.165) is 6.42 Å². The van der Waals surface area contributed by atoms with Gasteiger partial charge < -0.3 is 0 Å². The van der Waals surface area contributed by atoms with Crippen molar-refractivity contribution in [1.82, 2.24) is 0 Å². The summed E-state index contributed by atoms with van der Waals surface area (Å²) in [4.78, 5) is 0. The van der Waals surface area contributed by atoms with Crippen LogP contribution < -0.4 is 0 Å². The zero-order chi connectivity index (χ0) is 9.78. The third kappa shape index (κ3) is 11.2. The molecule has 0 atom stereocenters. The first-order valence-corrected chi connectivity index (χ1v) is 5.43. The Bertz CT molecular complexity index is 153. The number of hydrogen-bond donors (Lipinski definition) is 0. The number of unbranched alkanes of at least 4 members (excludes halogenated alkanes) is 6. The minimum atomic E-state index is 0.659. The Morgan fingerprint density at radius 1 is 1.00 bits per heavy atom. The topological polar surface area (TPSA) is 23.8 Å². The van der Waals surface area contributed by atoms with Gasteiger partial charge in [-0.3, -0.25) is 0 Å². The van der Waals surface area contributed by atoms with E-state index in [-0.39, 0.29) is 0 Å². The Morgan fingerprint density at radius 3 is 2.38 bits per heavy atom. The summed E-state index contributed by atoms with van der Waals surface area (Å²) < 4.78 is 0. The lowest BCUT2D eigenvalue weighted by atomic mass is 10.1. The van der Waals surface area contributed by atoms with Gasteiger partial charge in [-0.25, -0.2) is 0 Å². The molecule has 0 aliphatic carbocycles. The van der Waals surface area contributed by atoms with Gasteiger partial charge in [-0.15, -0.1) is 0 Å². The summed E-state index contributed by atoms with van der Waals surface area (Å²) in [5.74, 6) is 0. The fourth-order valence-corrected chi connectivity index (χ4v) is 1.25. The number of nitriles is 1. The molecule has 0 aromatic rings. The van der Waals surface area contributed by atoms with Crippen LogP contribution in [0.2, 0.25) is 0 Å². The highest BCUT2D eigenvalue weighted by atomic mass is 14.2. The van der Waals surface area contributed by atoms with E-state index >= 15 is 0 Å². The molecule has 0 amide bonds.